The average Bonchev–Trinajstić information content (AvgIpc) is 2.91. The molecule has 2 aromatic heterocycles. The Balaban J connectivity index is 1.97. The van der Waals surface area contributed by atoms with Gasteiger partial charge in [0, 0.05) is 35.8 Å². The maximum absolute atomic E-state index is 11.1. The predicted octanol–water partition coefficient (Wildman–Crippen LogP) is 4.30. The summed E-state index contributed by atoms with van der Waals surface area (Å²) in [7, 11) is 2.00. The molecule has 0 aliphatic rings. The van der Waals surface area contributed by atoms with Crippen LogP contribution < -0.4 is 0 Å². The second-order valence-corrected chi connectivity index (χ2v) is 5.47. The van der Waals surface area contributed by atoms with E-state index >= 15 is 0 Å². The number of aryl methyl sites for hydroxylation is 1. The molecule has 5 heteroatoms. The molecule has 5 nitrogen and oxygen atoms in total. The lowest BCUT2D eigenvalue weighted by Gasteiger charge is -2.03. The van der Waals surface area contributed by atoms with Gasteiger partial charge in [0.1, 0.15) is 0 Å². The molecule has 0 saturated carbocycles. The van der Waals surface area contributed by atoms with Crippen LogP contribution in [0.15, 0.2) is 60.8 Å². The van der Waals surface area contributed by atoms with Crippen LogP contribution in [-0.4, -0.2) is 14.5 Å². The van der Waals surface area contributed by atoms with Gasteiger partial charge in [0.05, 0.1) is 21.5 Å². The Bertz CT molecular complexity index is 1070. The van der Waals surface area contributed by atoms with Crippen molar-refractivity contribution in [2.24, 2.45) is 7.05 Å². The first-order chi connectivity index (χ1) is 11.1. The van der Waals surface area contributed by atoms with Gasteiger partial charge in [-0.25, -0.2) is 4.98 Å². The second-order valence-electron chi connectivity index (χ2n) is 5.47. The maximum Gasteiger partial charge on any atom is 0.278 e. The molecule has 2 aromatic carbocycles. The Morgan fingerprint density at radius 1 is 1.00 bits per heavy atom. The molecule has 0 atom stereocenters. The summed E-state index contributed by atoms with van der Waals surface area (Å²) in [5.41, 5.74) is 3.68. The van der Waals surface area contributed by atoms with Gasteiger partial charge in [-0.05, 0) is 24.3 Å². The minimum absolute atomic E-state index is 0.0828. The van der Waals surface area contributed by atoms with Crippen molar-refractivity contribution in [3.05, 3.63) is 70.9 Å². The normalized spacial score (nSPS) is 11.2. The highest BCUT2D eigenvalue weighted by atomic mass is 16.6. The van der Waals surface area contributed by atoms with Crippen LogP contribution in [0.2, 0.25) is 0 Å². The molecule has 4 aromatic rings. The predicted molar refractivity (Wildman–Crippen MR) is 90.3 cm³/mol. The molecule has 23 heavy (non-hydrogen) atoms. The van der Waals surface area contributed by atoms with Gasteiger partial charge in [-0.3, -0.25) is 10.1 Å². The second kappa shape index (κ2) is 4.91. The highest BCUT2D eigenvalue weighted by Gasteiger charge is 2.14. The molecule has 0 fully saturated rings. The number of para-hydroxylation sites is 1. The van der Waals surface area contributed by atoms with Gasteiger partial charge in [0.2, 0.25) is 0 Å². The molecule has 0 amide bonds. The lowest BCUT2D eigenvalue weighted by Crippen LogP contribution is -1.91. The van der Waals surface area contributed by atoms with E-state index in [0.717, 1.165) is 22.2 Å². The molecule has 112 valence electrons. The van der Waals surface area contributed by atoms with E-state index in [4.69, 9.17) is 0 Å². The standard InChI is InChI=1S/C18H13N3O2/c1-20-11-14(12-5-2-3-7-17(12)20)16-10-9-13-15(19-16)6-4-8-18(13)21(22)23/h2-11H,1H3. The van der Waals surface area contributed by atoms with Crippen LogP contribution in [0.1, 0.15) is 0 Å². The number of nitro benzene ring substituents is 1. The van der Waals surface area contributed by atoms with Crippen molar-refractivity contribution in [1.29, 1.82) is 0 Å². The average molecular weight is 303 g/mol. The summed E-state index contributed by atoms with van der Waals surface area (Å²) in [5.74, 6) is 0. The van der Waals surface area contributed by atoms with Crippen molar-refractivity contribution in [1.82, 2.24) is 9.55 Å². The molecular formula is C18H13N3O2. The Labute approximate surface area is 132 Å². The fourth-order valence-corrected chi connectivity index (χ4v) is 2.99. The van der Waals surface area contributed by atoms with Crippen molar-refractivity contribution in [3.63, 3.8) is 0 Å². The number of benzene rings is 2. The molecule has 0 aliphatic carbocycles. The summed E-state index contributed by atoms with van der Waals surface area (Å²) in [5, 5.41) is 12.8. The third-order valence-electron chi connectivity index (χ3n) is 4.08. The van der Waals surface area contributed by atoms with Crippen LogP contribution in [0.25, 0.3) is 33.1 Å². The molecular weight excluding hydrogens is 290 g/mol. The number of pyridine rings is 1. The summed E-state index contributed by atoms with van der Waals surface area (Å²) in [6, 6.07) is 16.7. The van der Waals surface area contributed by atoms with Crippen LogP contribution in [0.4, 0.5) is 5.69 Å². The smallest absolute Gasteiger partial charge is 0.278 e. The lowest BCUT2D eigenvalue weighted by molar-refractivity contribution is -0.383. The van der Waals surface area contributed by atoms with E-state index in [-0.39, 0.29) is 10.6 Å². The van der Waals surface area contributed by atoms with E-state index in [0.29, 0.717) is 10.9 Å². The maximum atomic E-state index is 11.1. The minimum Gasteiger partial charge on any atom is -0.350 e. The summed E-state index contributed by atoms with van der Waals surface area (Å²) >= 11 is 0. The first-order valence-corrected chi connectivity index (χ1v) is 7.24. The summed E-state index contributed by atoms with van der Waals surface area (Å²) in [6.07, 6.45) is 2.04. The zero-order valence-corrected chi connectivity index (χ0v) is 12.4. The number of hydrogen-bond acceptors (Lipinski definition) is 3. The van der Waals surface area contributed by atoms with Gasteiger partial charge < -0.3 is 4.57 Å². The summed E-state index contributed by atoms with van der Waals surface area (Å²) in [6.45, 7) is 0. The molecule has 0 saturated heterocycles. The van der Waals surface area contributed by atoms with Crippen LogP contribution in [0.3, 0.4) is 0 Å². The monoisotopic (exact) mass is 303 g/mol. The quantitative estimate of drug-likeness (QED) is 0.409. The van der Waals surface area contributed by atoms with E-state index in [2.05, 4.69) is 21.7 Å². The first-order valence-electron chi connectivity index (χ1n) is 7.24. The molecule has 0 spiro atoms. The molecule has 0 N–H and O–H groups in total. The van der Waals surface area contributed by atoms with Crippen LogP contribution in [-0.2, 0) is 7.05 Å². The summed E-state index contributed by atoms with van der Waals surface area (Å²) in [4.78, 5) is 15.4. The molecule has 0 radical (unpaired) electrons. The fourth-order valence-electron chi connectivity index (χ4n) is 2.99. The zero-order chi connectivity index (χ0) is 16.0. The van der Waals surface area contributed by atoms with Crippen molar-refractivity contribution >= 4 is 27.5 Å². The number of aromatic nitrogens is 2. The van der Waals surface area contributed by atoms with Crippen LogP contribution in [0, 0.1) is 10.1 Å². The lowest BCUT2D eigenvalue weighted by atomic mass is 10.1. The van der Waals surface area contributed by atoms with Crippen molar-refractivity contribution in [2.45, 2.75) is 0 Å². The number of non-ortho nitro benzene ring substituents is 1. The largest absolute Gasteiger partial charge is 0.350 e. The highest BCUT2D eigenvalue weighted by Crippen LogP contribution is 2.31. The van der Waals surface area contributed by atoms with E-state index in [1.807, 2.05) is 31.4 Å². The Hall–Kier alpha value is -3.21. The third-order valence-corrected chi connectivity index (χ3v) is 4.08. The number of nitro groups is 1. The molecule has 2 heterocycles. The van der Waals surface area contributed by atoms with E-state index in [1.54, 1.807) is 18.2 Å². The molecule has 4 rings (SSSR count). The van der Waals surface area contributed by atoms with Crippen molar-refractivity contribution < 1.29 is 4.92 Å². The first kappa shape index (κ1) is 13.5. The number of hydrogen-bond donors (Lipinski definition) is 0. The Morgan fingerprint density at radius 3 is 2.65 bits per heavy atom. The van der Waals surface area contributed by atoms with E-state index in [1.165, 1.54) is 6.07 Å². The topological polar surface area (TPSA) is 61.0 Å². The van der Waals surface area contributed by atoms with Gasteiger partial charge in [-0.1, -0.05) is 24.3 Å². The van der Waals surface area contributed by atoms with Gasteiger partial charge in [-0.15, -0.1) is 0 Å². The Morgan fingerprint density at radius 2 is 1.83 bits per heavy atom. The van der Waals surface area contributed by atoms with Crippen molar-refractivity contribution in [3.8, 4) is 11.3 Å². The van der Waals surface area contributed by atoms with E-state index in [9.17, 15) is 10.1 Å². The molecule has 0 unspecified atom stereocenters. The molecule has 0 bridgehead atoms. The minimum atomic E-state index is -0.373. The van der Waals surface area contributed by atoms with Gasteiger partial charge in [-0.2, -0.15) is 0 Å². The van der Waals surface area contributed by atoms with Gasteiger partial charge in [0.25, 0.3) is 5.69 Å². The van der Waals surface area contributed by atoms with Crippen LogP contribution >= 0.6 is 0 Å². The van der Waals surface area contributed by atoms with Gasteiger partial charge in [0.15, 0.2) is 0 Å². The van der Waals surface area contributed by atoms with Gasteiger partial charge >= 0.3 is 0 Å². The SMILES string of the molecule is Cn1cc(-c2ccc3c([N+](=O)[O-])cccc3n2)c2ccccc21. The van der Waals surface area contributed by atoms with Crippen LogP contribution in [0.5, 0.6) is 0 Å². The van der Waals surface area contributed by atoms with E-state index < -0.39 is 0 Å². The Kier molecular flexibility index (Phi) is 2.87. The summed E-state index contributed by atoms with van der Waals surface area (Å²) < 4.78 is 2.06. The third kappa shape index (κ3) is 2.05. The highest BCUT2D eigenvalue weighted by molar-refractivity contribution is 5.97. The zero-order valence-electron chi connectivity index (χ0n) is 12.4. The fraction of sp³-hybridized carbons (Fsp3) is 0.0556. The number of fused-ring (bicyclic) bond motifs is 2. The number of nitrogens with zero attached hydrogens (tertiary/aromatic N) is 3. The molecule has 0 aliphatic heterocycles. The number of rotatable bonds is 2. The van der Waals surface area contributed by atoms with Crippen molar-refractivity contribution in [2.75, 3.05) is 0 Å².